The highest BCUT2D eigenvalue weighted by molar-refractivity contribution is 7.89. The van der Waals surface area contributed by atoms with Gasteiger partial charge in [-0.25, -0.2) is 8.42 Å². The van der Waals surface area contributed by atoms with E-state index in [1.54, 1.807) is 0 Å². The molecule has 0 heterocycles. The van der Waals surface area contributed by atoms with Crippen molar-refractivity contribution < 1.29 is 18.4 Å². The normalized spacial score (nSPS) is 11.7. The van der Waals surface area contributed by atoms with Crippen molar-refractivity contribution in [2.75, 3.05) is 24.8 Å². The van der Waals surface area contributed by atoms with Gasteiger partial charge in [-0.05, 0) is 17.7 Å². The zero-order chi connectivity index (χ0) is 22.1. The second kappa shape index (κ2) is 8.44. The third kappa shape index (κ3) is 3.90. The number of hydrogen-bond acceptors (Lipinski definition) is 8. The summed E-state index contributed by atoms with van der Waals surface area (Å²) in [6.07, 6.45) is 0. The minimum Gasteiger partial charge on any atom is -0.504 e. The smallest absolute Gasteiger partial charge is 0.269 e. The van der Waals surface area contributed by atoms with Crippen LogP contribution in [-0.2, 0) is 21.4 Å². The Morgan fingerprint density at radius 1 is 1.07 bits per heavy atom. The average molecular weight is 452 g/mol. The van der Waals surface area contributed by atoms with E-state index in [-0.39, 0.29) is 22.1 Å². The SMILES string of the molecule is CON(C)S(=O)(=O)c1c(Cl)ccc(Nc2c(NCc3ccccc3)c(=O)c2=O)c1O. The molecule has 3 N–H and O–H groups in total. The lowest BCUT2D eigenvalue weighted by Gasteiger charge is -2.19. The number of hydrogen-bond donors (Lipinski definition) is 3. The van der Waals surface area contributed by atoms with Crippen LogP contribution in [0.15, 0.2) is 56.9 Å². The molecule has 0 aromatic heterocycles. The highest BCUT2D eigenvalue weighted by Crippen LogP contribution is 2.39. The molecule has 0 saturated heterocycles. The minimum atomic E-state index is -4.28. The van der Waals surface area contributed by atoms with Crippen molar-refractivity contribution in [3.8, 4) is 5.75 Å². The van der Waals surface area contributed by atoms with Gasteiger partial charge in [0.2, 0.25) is 0 Å². The summed E-state index contributed by atoms with van der Waals surface area (Å²) >= 11 is 5.97. The van der Waals surface area contributed by atoms with E-state index in [0.29, 0.717) is 11.0 Å². The van der Waals surface area contributed by atoms with Gasteiger partial charge in [-0.1, -0.05) is 46.4 Å². The molecule has 158 valence electrons. The van der Waals surface area contributed by atoms with Gasteiger partial charge in [0.15, 0.2) is 5.75 Å². The minimum absolute atomic E-state index is 0.0385. The molecule has 3 aromatic rings. The zero-order valence-electron chi connectivity index (χ0n) is 16.0. The first-order valence-corrected chi connectivity index (χ1v) is 10.4. The molecule has 0 amide bonds. The van der Waals surface area contributed by atoms with Crippen molar-refractivity contribution in [3.05, 3.63) is 73.5 Å². The number of sulfonamides is 1. The zero-order valence-corrected chi connectivity index (χ0v) is 17.5. The molecule has 3 aromatic carbocycles. The van der Waals surface area contributed by atoms with E-state index in [1.165, 1.54) is 12.1 Å². The average Bonchev–Trinajstić information content (AvgIpc) is 2.74. The lowest BCUT2D eigenvalue weighted by Crippen LogP contribution is -2.36. The largest absolute Gasteiger partial charge is 0.504 e. The first-order valence-electron chi connectivity index (χ1n) is 8.61. The maximum atomic E-state index is 12.5. The molecule has 0 unspecified atom stereocenters. The summed E-state index contributed by atoms with van der Waals surface area (Å²) in [7, 11) is -2.01. The molecular weight excluding hydrogens is 434 g/mol. The van der Waals surface area contributed by atoms with E-state index < -0.39 is 31.5 Å². The fourth-order valence-electron chi connectivity index (χ4n) is 2.72. The van der Waals surface area contributed by atoms with Crippen LogP contribution in [0.1, 0.15) is 5.56 Å². The van der Waals surface area contributed by atoms with Gasteiger partial charge >= 0.3 is 0 Å². The number of halogens is 1. The van der Waals surface area contributed by atoms with Crippen LogP contribution >= 0.6 is 11.6 Å². The second-order valence-corrected chi connectivity index (χ2v) is 8.52. The second-order valence-electron chi connectivity index (χ2n) is 6.24. The van der Waals surface area contributed by atoms with Crippen LogP contribution in [-0.4, -0.2) is 32.2 Å². The van der Waals surface area contributed by atoms with Crippen LogP contribution in [0.4, 0.5) is 17.1 Å². The Bertz CT molecular complexity index is 1250. The topological polar surface area (TPSA) is 125 Å². The van der Waals surface area contributed by atoms with Crippen molar-refractivity contribution in [3.63, 3.8) is 0 Å². The number of nitrogens with one attached hydrogen (secondary N) is 2. The van der Waals surface area contributed by atoms with Crippen molar-refractivity contribution in [1.82, 2.24) is 4.47 Å². The van der Waals surface area contributed by atoms with Crippen molar-refractivity contribution in [1.29, 1.82) is 0 Å². The summed E-state index contributed by atoms with van der Waals surface area (Å²) in [4.78, 5) is 28.1. The van der Waals surface area contributed by atoms with Gasteiger partial charge in [-0.3, -0.25) is 14.4 Å². The van der Waals surface area contributed by atoms with Crippen molar-refractivity contribution >= 4 is 38.7 Å². The summed E-state index contributed by atoms with van der Waals surface area (Å²) in [5, 5.41) is 15.8. The lowest BCUT2D eigenvalue weighted by molar-refractivity contribution is -0.0259. The summed E-state index contributed by atoms with van der Waals surface area (Å²) in [5.74, 6) is -0.714. The standard InChI is InChI=1S/C19H18ClN3O6S/c1-23(29-2)30(27,28)19-12(20)8-9-13(16(19)24)22-15-14(17(25)18(15)26)21-10-11-6-4-3-5-7-11/h3-9,21-22,24H,10H2,1-2H3. The maximum absolute atomic E-state index is 12.5. The Morgan fingerprint density at radius 3 is 2.33 bits per heavy atom. The maximum Gasteiger partial charge on any atom is 0.269 e. The van der Waals surface area contributed by atoms with Crippen LogP contribution in [0.2, 0.25) is 5.02 Å². The summed E-state index contributed by atoms with van der Waals surface area (Å²) in [5.41, 5.74) is -0.778. The van der Waals surface area contributed by atoms with Crippen LogP contribution in [0.25, 0.3) is 0 Å². The number of rotatable bonds is 8. The Balaban J connectivity index is 1.93. The molecule has 30 heavy (non-hydrogen) atoms. The molecule has 0 aliphatic rings. The third-order valence-electron chi connectivity index (χ3n) is 4.42. The van der Waals surface area contributed by atoms with Crippen LogP contribution in [0.3, 0.4) is 0 Å². The van der Waals surface area contributed by atoms with Crippen molar-refractivity contribution in [2.45, 2.75) is 11.4 Å². The number of phenolic OH excluding ortho intramolecular Hbond substituents is 1. The monoisotopic (exact) mass is 451 g/mol. The van der Waals surface area contributed by atoms with E-state index in [1.807, 2.05) is 30.3 Å². The van der Waals surface area contributed by atoms with Crippen molar-refractivity contribution in [2.24, 2.45) is 0 Å². The fourth-order valence-corrected chi connectivity index (χ4v) is 4.29. The molecule has 3 rings (SSSR count). The van der Waals surface area contributed by atoms with Crippen LogP contribution < -0.4 is 21.5 Å². The molecule has 0 spiro atoms. The van der Waals surface area contributed by atoms with Gasteiger partial charge in [0.25, 0.3) is 20.9 Å². The molecular formula is C19H18ClN3O6S. The predicted molar refractivity (Wildman–Crippen MR) is 113 cm³/mol. The summed E-state index contributed by atoms with van der Waals surface area (Å²) in [6.45, 7) is 0.297. The molecule has 9 nitrogen and oxygen atoms in total. The lowest BCUT2D eigenvalue weighted by atomic mass is 10.1. The van der Waals surface area contributed by atoms with Crippen LogP contribution in [0.5, 0.6) is 5.75 Å². The molecule has 0 fully saturated rings. The fraction of sp³-hybridized carbons (Fsp3) is 0.158. The van der Waals surface area contributed by atoms with E-state index in [9.17, 15) is 23.1 Å². The van der Waals surface area contributed by atoms with E-state index >= 15 is 0 Å². The number of nitrogens with zero attached hydrogens (tertiary/aromatic N) is 1. The van der Waals surface area contributed by atoms with Gasteiger partial charge in [-0.2, -0.15) is 0 Å². The molecule has 11 heteroatoms. The summed E-state index contributed by atoms with van der Waals surface area (Å²) < 4.78 is 25.6. The summed E-state index contributed by atoms with van der Waals surface area (Å²) in [6, 6.07) is 11.7. The van der Waals surface area contributed by atoms with E-state index in [2.05, 4.69) is 10.6 Å². The third-order valence-corrected chi connectivity index (χ3v) is 6.60. The molecule has 0 bridgehead atoms. The molecule has 0 aliphatic heterocycles. The predicted octanol–water partition coefficient (Wildman–Crippen LogP) is 2.18. The molecule has 0 atom stereocenters. The highest BCUT2D eigenvalue weighted by Gasteiger charge is 2.30. The van der Waals surface area contributed by atoms with Crippen LogP contribution in [0, 0.1) is 0 Å². The first kappa shape index (κ1) is 21.8. The van der Waals surface area contributed by atoms with Gasteiger partial charge in [0.05, 0.1) is 17.8 Å². The number of aromatic hydroxyl groups is 1. The molecule has 0 aliphatic carbocycles. The van der Waals surface area contributed by atoms with Gasteiger partial charge < -0.3 is 15.7 Å². The number of phenols is 1. The molecule has 0 saturated carbocycles. The Kier molecular flexibility index (Phi) is 6.13. The Morgan fingerprint density at radius 2 is 1.70 bits per heavy atom. The van der Waals surface area contributed by atoms with Gasteiger partial charge in [-0.15, -0.1) is 0 Å². The number of benzene rings is 2. The van der Waals surface area contributed by atoms with E-state index in [0.717, 1.165) is 19.7 Å². The number of anilines is 3. The van der Waals surface area contributed by atoms with Gasteiger partial charge in [0.1, 0.15) is 16.3 Å². The van der Waals surface area contributed by atoms with E-state index in [4.69, 9.17) is 16.4 Å². The highest BCUT2D eigenvalue weighted by atomic mass is 35.5. The Labute approximate surface area is 177 Å². The quantitative estimate of drug-likeness (QED) is 0.270. The first-order chi connectivity index (χ1) is 14.2. The molecule has 0 radical (unpaired) electrons. The Hall–Kier alpha value is -2.92. The van der Waals surface area contributed by atoms with Gasteiger partial charge in [0, 0.05) is 13.6 Å². The number of hydroxylamine groups is 1.